The van der Waals surface area contributed by atoms with E-state index >= 15 is 0 Å². The number of hydrogen-bond acceptors (Lipinski definition) is 6. The molecule has 1 amide bonds. The number of carbonyl (C=O) groups is 1. The molecule has 0 unspecified atom stereocenters. The molecule has 25 heavy (non-hydrogen) atoms. The summed E-state index contributed by atoms with van der Waals surface area (Å²) in [6.07, 6.45) is 6.01. The molecule has 9 heteroatoms. The van der Waals surface area contributed by atoms with E-state index < -0.39 is 4.92 Å². The molecule has 9 nitrogen and oxygen atoms in total. The fraction of sp³-hybridized carbons (Fsp3) is 0.188. The Kier molecular flexibility index (Phi) is 4.84. The van der Waals surface area contributed by atoms with Crippen LogP contribution in [0.1, 0.15) is 16.9 Å². The highest BCUT2D eigenvalue weighted by Crippen LogP contribution is 2.24. The molecule has 0 fully saturated rings. The van der Waals surface area contributed by atoms with E-state index in [-0.39, 0.29) is 17.3 Å². The summed E-state index contributed by atoms with van der Waals surface area (Å²) in [7, 11) is 0. The van der Waals surface area contributed by atoms with Crippen molar-refractivity contribution in [2.75, 3.05) is 6.54 Å². The smallest absolute Gasteiger partial charge is 0.273 e. The van der Waals surface area contributed by atoms with Crippen LogP contribution in [-0.4, -0.2) is 32.1 Å². The molecule has 0 aliphatic rings. The van der Waals surface area contributed by atoms with E-state index in [0.717, 1.165) is 13.0 Å². The van der Waals surface area contributed by atoms with E-state index in [1.165, 1.54) is 18.2 Å². The van der Waals surface area contributed by atoms with Crippen molar-refractivity contribution in [2.24, 2.45) is 0 Å². The maximum Gasteiger partial charge on any atom is 0.273 e. The zero-order valence-corrected chi connectivity index (χ0v) is 13.2. The lowest BCUT2D eigenvalue weighted by atomic mass is 10.1. The normalized spacial score (nSPS) is 10.6. The van der Waals surface area contributed by atoms with Gasteiger partial charge < -0.3 is 14.4 Å². The second-order valence-electron chi connectivity index (χ2n) is 5.29. The molecule has 0 bridgehead atoms. The first-order chi connectivity index (χ1) is 12.1. The molecule has 0 atom stereocenters. The predicted octanol–water partition coefficient (Wildman–Crippen LogP) is 2.27. The molecular weight excluding hydrogens is 326 g/mol. The van der Waals surface area contributed by atoms with Gasteiger partial charge in [-0.1, -0.05) is 17.3 Å². The Morgan fingerprint density at radius 1 is 1.36 bits per heavy atom. The minimum atomic E-state index is -0.492. The van der Waals surface area contributed by atoms with E-state index in [2.05, 4.69) is 15.5 Å². The number of nitrogens with zero attached hydrogens (tertiary/aromatic N) is 4. The zero-order chi connectivity index (χ0) is 17.6. The van der Waals surface area contributed by atoms with Crippen LogP contribution in [0.15, 0.2) is 53.6 Å². The molecule has 0 saturated heterocycles. The van der Waals surface area contributed by atoms with Crippen LogP contribution in [0.4, 0.5) is 5.69 Å². The van der Waals surface area contributed by atoms with Crippen molar-refractivity contribution < 1.29 is 14.2 Å². The number of amides is 1. The van der Waals surface area contributed by atoms with E-state index in [9.17, 15) is 14.9 Å². The van der Waals surface area contributed by atoms with Crippen LogP contribution in [-0.2, 0) is 6.54 Å². The van der Waals surface area contributed by atoms with Gasteiger partial charge in [0.05, 0.1) is 11.3 Å². The van der Waals surface area contributed by atoms with E-state index in [0.29, 0.717) is 17.9 Å². The summed E-state index contributed by atoms with van der Waals surface area (Å²) >= 11 is 0. The summed E-state index contributed by atoms with van der Waals surface area (Å²) in [5, 5.41) is 17.3. The van der Waals surface area contributed by atoms with Gasteiger partial charge in [-0.2, -0.15) is 0 Å². The summed E-state index contributed by atoms with van der Waals surface area (Å²) in [6.45, 7) is 1.23. The standard InChI is InChI=1S/C16H15N5O4/c22-16(18-5-2-7-20-8-6-17-11-20)14-10-15(25-19-14)12-3-1-4-13(9-12)21(23)24/h1,3-4,6,8-11H,2,5,7H2,(H,18,22). The van der Waals surface area contributed by atoms with Crippen molar-refractivity contribution in [2.45, 2.75) is 13.0 Å². The minimum absolute atomic E-state index is 0.0561. The highest BCUT2D eigenvalue weighted by molar-refractivity contribution is 5.93. The van der Waals surface area contributed by atoms with Gasteiger partial charge in [-0.15, -0.1) is 0 Å². The minimum Gasteiger partial charge on any atom is -0.355 e. The summed E-state index contributed by atoms with van der Waals surface area (Å²) in [6, 6.07) is 7.41. The lowest BCUT2D eigenvalue weighted by molar-refractivity contribution is -0.384. The summed E-state index contributed by atoms with van der Waals surface area (Å²) < 4.78 is 7.05. The van der Waals surface area contributed by atoms with E-state index in [4.69, 9.17) is 4.52 Å². The quantitative estimate of drug-likeness (QED) is 0.400. The second-order valence-corrected chi connectivity index (χ2v) is 5.29. The van der Waals surface area contributed by atoms with Gasteiger partial charge >= 0.3 is 0 Å². The average Bonchev–Trinajstić information content (AvgIpc) is 3.30. The van der Waals surface area contributed by atoms with E-state index in [1.807, 2.05) is 10.8 Å². The summed E-state index contributed by atoms with van der Waals surface area (Å²) in [5.74, 6) is -0.0571. The Labute approximate surface area is 142 Å². The molecule has 3 rings (SSSR count). The summed E-state index contributed by atoms with van der Waals surface area (Å²) in [4.78, 5) is 26.3. The number of aromatic nitrogens is 3. The second kappa shape index (κ2) is 7.39. The zero-order valence-electron chi connectivity index (χ0n) is 13.2. The molecule has 0 spiro atoms. The molecule has 3 aromatic rings. The predicted molar refractivity (Wildman–Crippen MR) is 87.8 cm³/mol. The molecule has 2 aromatic heterocycles. The molecule has 0 saturated carbocycles. The van der Waals surface area contributed by atoms with Gasteiger partial charge in [-0.3, -0.25) is 14.9 Å². The lowest BCUT2D eigenvalue weighted by Gasteiger charge is -2.03. The third-order valence-electron chi connectivity index (χ3n) is 3.52. The highest BCUT2D eigenvalue weighted by Gasteiger charge is 2.15. The lowest BCUT2D eigenvalue weighted by Crippen LogP contribution is -2.25. The number of carbonyl (C=O) groups excluding carboxylic acids is 1. The van der Waals surface area contributed by atoms with Gasteiger partial charge in [0.25, 0.3) is 11.6 Å². The number of rotatable bonds is 7. The first-order valence-corrected chi connectivity index (χ1v) is 7.59. The van der Waals surface area contributed by atoms with E-state index in [1.54, 1.807) is 24.7 Å². The maximum atomic E-state index is 12.1. The largest absolute Gasteiger partial charge is 0.355 e. The Morgan fingerprint density at radius 2 is 2.24 bits per heavy atom. The Hall–Kier alpha value is -3.49. The molecule has 1 aromatic carbocycles. The highest BCUT2D eigenvalue weighted by atomic mass is 16.6. The van der Waals surface area contributed by atoms with Gasteiger partial charge in [0.1, 0.15) is 0 Å². The van der Waals surface area contributed by atoms with Crippen LogP contribution < -0.4 is 5.32 Å². The third-order valence-corrected chi connectivity index (χ3v) is 3.52. The fourth-order valence-corrected chi connectivity index (χ4v) is 2.26. The molecule has 0 radical (unpaired) electrons. The van der Waals surface area contributed by atoms with Crippen LogP contribution in [0.2, 0.25) is 0 Å². The van der Waals surface area contributed by atoms with Crippen molar-refractivity contribution in [3.63, 3.8) is 0 Å². The van der Waals surface area contributed by atoms with Gasteiger partial charge in [0.15, 0.2) is 11.5 Å². The van der Waals surface area contributed by atoms with Gasteiger partial charge in [0.2, 0.25) is 0 Å². The average molecular weight is 341 g/mol. The summed E-state index contributed by atoms with van der Waals surface area (Å²) in [5.41, 5.74) is 0.560. The molecule has 0 aliphatic carbocycles. The monoisotopic (exact) mass is 341 g/mol. The van der Waals surface area contributed by atoms with Crippen molar-refractivity contribution >= 4 is 11.6 Å². The number of benzene rings is 1. The maximum absolute atomic E-state index is 12.1. The SMILES string of the molecule is O=C(NCCCn1ccnc1)c1cc(-c2cccc([N+](=O)[O-])c2)on1. The van der Waals surface area contributed by atoms with Crippen LogP contribution >= 0.6 is 0 Å². The van der Waals surface area contributed by atoms with Gasteiger partial charge in [-0.25, -0.2) is 4.98 Å². The van der Waals surface area contributed by atoms with Gasteiger partial charge in [-0.05, 0) is 6.42 Å². The van der Waals surface area contributed by atoms with Gasteiger partial charge in [0, 0.05) is 49.2 Å². The molecular formula is C16H15N5O4. The first kappa shape index (κ1) is 16.4. The Balaban J connectivity index is 1.58. The van der Waals surface area contributed by atoms with Crippen LogP contribution in [0, 0.1) is 10.1 Å². The number of nitrogens with one attached hydrogen (secondary N) is 1. The third kappa shape index (κ3) is 4.08. The number of nitro groups is 1. The Morgan fingerprint density at radius 3 is 3.00 bits per heavy atom. The molecule has 0 aliphatic heterocycles. The number of imidazole rings is 1. The van der Waals surface area contributed by atoms with Crippen LogP contribution in [0.25, 0.3) is 11.3 Å². The molecule has 1 N–H and O–H groups in total. The number of aryl methyl sites for hydroxylation is 1. The fourth-order valence-electron chi connectivity index (χ4n) is 2.26. The van der Waals surface area contributed by atoms with Crippen LogP contribution in [0.3, 0.4) is 0 Å². The van der Waals surface area contributed by atoms with Crippen molar-refractivity contribution in [1.82, 2.24) is 20.0 Å². The number of nitro benzene ring substituents is 1. The number of hydrogen-bond donors (Lipinski definition) is 1. The van der Waals surface area contributed by atoms with Crippen molar-refractivity contribution in [1.29, 1.82) is 0 Å². The molecule has 128 valence electrons. The molecule has 2 heterocycles. The topological polar surface area (TPSA) is 116 Å². The first-order valence-electron chi connectivity index (χ1n) is 7.59. The van der Waals surface area contributed by atoms with Crippen LogP contribution in [0.5, 0.6) is 0 Å². The number of non-ortho nitro benzene ring substituents is 1. The Bertz CT molecular complexity index is 872. The van der Waals surface area contributed by atoms with Crippen molar-refractivity contribution in [3.05, 3.63) is 64.9 Å². The van der Waals surface area contributed by atoms with Crippen molar-refractivity contribution in [3.8, 4) is 11.3 Å².